The zero-order valence-corrected chi connectivity index (χ0v) is 11.2. The van der Waals surface area contributed by atoms with Gasteiger partial charge in [0.2, 0.25) is 0 Å². The molecule has 0 saturated heterocycles. The van der Waals surface area contributed by atoms with Crippen molar-refractivity contribution in [1.82, 2.24) is 0 Å². The summed E-state index contributed by atoms with van der Waals surface area (Å²) < 4.78 is 0. The molecule has 1 heteroatoms. The minimum Gasteiger partial charge on any atom is -0.324 e. The predicted octanol–water partition coefficient (Wildman–Crippen LogP) is 3.79. The summed E-state index contributed by atoms with van der Waals surface area (Å²) in [5.74, 6) is 0. The Labute approximate surface area is 114 Å². The van der Waals surface area contributed by atoms with E-state index in [0.29, 0.717) is 0 Å². The van der Waals surface area contributed by atoms with Crippen LogP contribution in [0.2, 0.25) is 0 Å². The molecule has 2 aliphatic rings. The highest BCUT2D eigenvalue weighted by atomic mass is 14.6. The van der Waals surface area contributed by atoms with Crippen LogP contribution in [0.25, 0.3) is 11.1 Å². The third-order valence-electron chi connectivity index (χ3n) is 4.76. The molecule has 2 aromatic rings. The molecule has 96 valence electrons. The van der Waals surface area contributed by atoms with Crippen molar-refractivity contribution in [2.75, 3.05) is 0 Å². The average molecular weight is 249 g/mol. The van der Waals surface area contributed by atoms with Gasteiger partial charge in [0, 0.05) is 6.04 Å². The zero-order chi connectivity index (χ0) is 12.8. The molecule has 2 N–H and O–H groups in total. The number of aryl methyl sites for hydroxylation is 1. The van der Waals surface area contributed by atoms with E-state index in [2.05, 4.69) is 36.4 Å². The van der Waals surface area contributed by atoms with Gasteiger partial charge >= 0.3 is 0 Å². The molecule has 0 spiro atoms. The first kappa shape index (κ1) is 11.2. The monoisotopic (exact) mass is 249 g/mol. The minimum absolute atomic E-state index is 0.256. The Kier molecular flexibility index (Phi) is 2.49. The van der Waals surface area contributed by atoms with Crippen LogP contribution in [0.4, 0.5) is 0 Å². The molecular weight excluding hydrogens is 230 g/mol. The van der Waals surface area contributed by atoms with Crippen molar-refractivity contribution in [1.29, 1.82) is 0 Å². The van der Waals surface area contributed by atoms with Crippen molar-refractivity contribution in [2.24, 2.45) is 5.73 Å². The van der Waals surface area contributed by atoms with Gasteiger partial charge in [-0.05, 0) is 65.5 Å². The molecule has 0 aromatic heterocycles. The van der Waals surface area contributed by atoms with Crippen molar-refractivity contribution in [3.8, 4) is 11.1 Å². The molecule has 1 atom stereocenters. The van der Waals surface area contributed by atoms with Crippen molar-refractivity contribution in [2.45, 2.75) is 38.1 Å². The Morgan fingerprint density at radius 3 is 2.68 bits per heavy atom. The summed E-state index contributed by atoms with van der Waals surface area (Å²) in [5.41, 5.74) is 15.2. The lowest BCUT2D eigenvalue weighted by Crippen LogP contribution is -2.20. The Morgan fingerprint density at radius 2 is 1.74 bits per heavy atom. The molecule has 0 saturated carbocycles. The second kappa shape index (κ2) is 4.21. The number of nitrogens with two attached hydrogens (primary N) is 1. The molecule has 0 bridgehead atoms. The summed E-state index contributed by atoms with van der Waals surface area (Å²) in [7, 11) is 0. The molecule has 19 heavy (non-hydrogen) atoms. The Balaban J connectivity index is 1.95. The maximum Gasteiger partial charge on any atom is 0.0297 e. The normalized spacial score (nSPS) is 20.4. The maximum atomic E-state index is 6.27. The second-order valence-corrected chi connectivity index (χ2v) is 5.82. The van der Waals surface area contributed by atoms with Crippen LogP contribution in [0.15, 0.2) is 36.4 Å². The van der Waals surface area contributed by atoms with Crippen LogP contribution in [0.1, 0.15) is 41.1 Å². The molecule has 0 fully saturated rings. The highest BCUT2D eigenvalue weighted by Gasteiger charge is 2.24. The predicted molar refractivity (Wildman–Crippen MR) is 79.2 cm³/mol. The highest BCUT2D eigenvalue weighted by molar-refractivity contribution is 5.75. The lowest BCUT2D eigenvalue weighted by Gasteiger charge is -2.29. The van der Waals surface area contributed by atoms with Gasteiger partial charge in [0.05, 0.1) is 0 Å². The Morgan fingerprint density at radius 1 is 0.842 bits per heavy atom. The van der Waals surface area contributed by atoms with Crippen molar-refractivity contribution in [3.63, 3.8) is 0 Å². The Bertz CT molecular complexity index is 642. The van der Waals surface area contributed by atoms with Gasteiger partial charge in [-0.2, -0.15) is 0 Å². The van der Waals surface area contributed by atoms with E-state index in [-0.39, 0.29) is 6.04 Å². The van der Waals surface area contributed by atoms with E-state index in [9.17, 15) is 0 Å². The van der Waals surface area contributed by atoms with Gasteiger partial charge < -0.3 is 5.73 Å². The summed E-state index contributed by atoms with van der Waals surface area (Å²) in [4.78, 5) is 0. The van der Waals surface area contributed by atoms with Crippen LogP contribution in [-0.2, 0) is 19.3 Å². The van der Waals surface area contributed by atoms with Crippen LogP contribution < -0.4 is 5.73 Å². The van der Waals surface area contributed by atoms with E-state index in [0.717, 1.165) is 6.42 Å². The third kappa shape index (κ3) is 1.65. The van der Waals surface area contributed by atoms with Gasteiger partial charge in [-0.25, -0.2) is 0 Å². The van der Waals surface area contributed by atoms with E-state index in [1.165, 1.54) is 47.9 Å². The quantitative estimate of drug-likeness (QED) is 0.755. The topological polar surface area (TPSA) is 26.0 Å². The smallest absolute Gasteiger partial charge is 0.0297 e. The highest BCUT2D eigenvalue weighted by Crippen LogP contribution is 2.40. The van der Waals surface area contributed by atoms with Gasteiger partial charge in [-0.15, -0.1) is 0 Å². The van der Waals surface area contributed by atoms with Crippen LogP contribution in [-0.4, -0.2) is 0 Å². The van der Waals surface area contributed by atoms with E-state index in [4.69, 9.17) is 5.73 Å². The standard InChI is InChI=1S/C18H19N/c19-18-7-3-6-14-16-9-8-12-4-1-2-5-13(12)15(16)10-11-17(14)18/h1-2,4-5,10-11,18H,3,6-9,19H2. The average Bonchev–Trinajstić information content (AvgIpc) is 2.47. The second-order valence-electron chi connectivity index (χ2n) is 5.82. The number of benzene rings is 2. The number of fused-ring (bicyclic) bond motifs is 5. The largest absolute Gasteiger partial charge is 0.324 e. The van der Waals surface area contributed by atoms with Gasteiger partial charge in [0.15, 0.2) is 0 Å². The van der Waals surface area contributed by atoms with Crippen LogP contribution in [0.3, 0.4) is 0 Å². The first-order chi connectivity index (χ1) is 9.34. The summed E-state index contributed by atoms with van der Waals surface area (Å²) >= 11 is 0. The van der Waals surface area contributed by atoms with E-state index in [1.54, 1.807) is 11.1 Å². The van der Waals surface area contributed by atoms with Crippen molar-refractivity contribution < 1.29 is 0 Å². The number of rotatable bonds is 0. The summed E-state index contributed by atoms with van der Waals surface area (Å²) in [6, 6.07) is 13.7. The third-order valence-corrected chi connectivity index (χ3v) is 4.76. The zero-order valence-electron chi connectivity index (χ0n) is 11.2. The fourth-order valence-corrected chi connectivity index (χ4v) is 3.81. The van der Waals surface area contributed by atoms with Gasteiger partial charge in [-0.3, -0.25) is 0 Å². The maximum absolute atomic E-state index is 6.27. The van der Waals surface area contributed by atoms with Crippen molar-refractivity contribution in [3.05, 3.63) is 58.7 Å². The van der Waals surface area contributed by atoms with Gasteiger partial charge in [-0.1, -0.05) is 36.4 Å². The van der Waals surface area contributed by atoms with Crippen molar-refractivity contribution >= 4 is 0 Å². The van der Waals surface area contributed by atoms with Crippen LogP contribution >= 0.6 is 0 Å². The molecule has 1 nitrogen and oxygen atoms in total. The fraction of sp³-hybridized carbons (Fsp3) is 0.333. The first-order valence-electron chi connectivity index (χ1n) is 7.33. The fourth-order valence-electron chi connectivity index (χ4n) is 3.81. The molecule has 0 aliphatic heterocycles. The minimum atomic E-state index is 0.256. The summed E-state index contributed by atoms with van der Waals surface area (Å²) in [5, 5.41) is 0. The first-order valence-corrected chi connectivity index (χ1v) is 7.33. The van der Waals surface area contributed by atoms with Crippen LogP contribution in [0, 0.1) is 0 Å². The lowest BCUT2D eigenvalue weighted by molar-refractivity contribution is 0.566. The molecule has 0 amide bonds. The van der Waals surface area contributed by atoms with E-state index < -0.39 is 0 Å². The number of hydrogen-bond acceptors (Lipinski definition) is 1. The molecule has 4 rings (SSSR count). The molecule has 1 unspecified atom stereocenters. The van der Waals surface area contributed by atoms with E-state index in [1.807, 2.05) is 0 Å². The molecular formula is C18H19N. The van der Waals surface area contributed by atoms with Gasteiger partial charge in [0.1, 0.15) is 0 Å². The molecule has 0 radical (unpaired) electrons. The Hall–Kier alpha value is -1.60. The van der Waals surface area contributed by atoms with Crippen LogP contribution in [0.5, 0.6) is 0 Å². The SMILES string of the molecule is NC1CCCc2c1ccc1c2CCc2ccccc2-1. The summed E-state index contributed by atoms with van der Waals surface area (Å²) in [6.45, 7) is 0. The molecule has 0 heterocycles. The number of hydrogen-bond donors (Lipinski definition) is 1. The molecule has 2 aliphatic carbocycles. The van der Waals surface area contributed by atoms with Gasteiger partial charge in [0.25, 0.3) is 0 Å². The van der Waals surface area contributed by atoms with E-state index >= 15 is 0 Å². The lowest BCUT2D eigenvalue weighted by atomic mass is 9.77. The molecule has 2 aromatic carbocycles. The summed E-state index contributed by atoms with van der Waals surface area (Å²) in [6.07, 6.45) is 5.96.